The molecule has 3 rings (SSSR count). The topological polar surface area (TPSA) is 55.8 Å². The quantitative estimate of drug-likeness (QED) is 0.861. The van der Waals surface area contributed by atoms with Crippen molar-refractivity contribution in [3.63, 3.8) is 0 Å². The Labute approximate surface area is 135 Å². The lowest BCUT2D eigenvalue weighted by Gasteiger charge is -2.45. The van der Waals surface area contributed by atoms with Crippen molar-refractivity contribution in [3.8, 4) is 11.5 Å². The van der Waals surface area contributed by atoms with Crippen LogP contribution in [0.5, 0.6) is 11.5 Å². The average Bonchev–Trinajstić information content (AvgIpc) is 2.55. The van der Waals surface area contributed by atoms with Gasteiger partial charge in [0, 0.05) is 5.41 Å². The summed E-state index contributed by atoms with van der Waals surface area (Å²) in [5, 5.41) is 9.85. The standard InChI is InChI=1S/C19H20O4/c1-22-18(21)14-11-19(12-14,13-20)15-6-5-9-17(10-15)23-16-7-3-2-4-8-16/h2-10,14,20H,11-13H2,1H3. The maximum atomic E-state index is 11.6. The molecule has 1 saturated carbocycles. The zero-order chi connectivity index (χ0) is 16.3. The molecule has 0 amide bonds. The van der Waals surface area contributed by atoms with Crippen LogP contribution in [-0.2, 0) is 14.9 Å². The number of aliphatic hydroxyl groups excluding tert-OH is 1. The molecule has 4 heteroatoms. The monoisotopic (exact) mass is 312 g/mol. The van der Waals surface area contributed by atoms with E-state index in [9.17, 15) is 9.90 Å². The second-order valence-electron chi connectivity index (χ2n) is 6.01. The Morgan fingerprint density at radius 1 is 1.13 bits per heavy atom. The summed E-state index contributed by atoms with van der Waals surface area (Å²) in [4.78, 5) is 11.6. The molecule has 4 nitrogen and oxygen atoms in total. The van der Waals surface area contributed by atoms with Crippen LogP contribution in [0.15, 0.2) is 54.6 Å². The largest absolute Gasteiger partial charge is 0.469 e. The summed E-state index contributed by atoms with van der Waals surface area (Å²) in [6, 6.07) is 17.3. The van der Waals surface area contributed by atoms with Crippen LogP contribution in [0.4, 0.5) is 0 Å². The van der Waals surface area contributed by atoms with Gasteiger partial charge in [-0.1, -0.05) is 30.3 Å². The van der Waals surface area contributed by atoms with Gasteiger partial charge >= 0.3 is 5.97 Å². The number of benzene rings is 2. The van der Waals surface area contributed by atoms with E-state index >= 15 is 0 Å². The van der Waals surface area contributed by atoms with E-state index in [2.05, 4.69) is 0 Å². The van der Waals surface area contributed by atoms with Crippen molar-refractivity contribution in [3.05, 3.63) is 60.2 Å². The minimum absolute atomic E-state index is 0.00921. The Kier molecular flexibility index (Phi) is 4.35. The van der Waals surface area contributed by atoms with E-state index in [4.69, 9.17) is 9.47 Å². The van der Waals surface area contributed by atoms with E-state index in [1.54, 1.807) is 0 Å². The first-order valence-electron chi connectivity index (χ1n) is 7.69. The number of esters is 1. The zero-order valence-corrected chi connectivity index (χ0v) is 13.1. The molecule has 0 radical (unpaired) electrons. The SMILES string of the molecule is COC(=O)C1CC(CO)(c2cccc(Oc3ccccc3)c2)C1. The molecule has 0 unspecified atom stereocenters. The lowest BCUT2D eigenvalue weighted by atomic mass is 9.59. The molecule has 1 N–H and O–H groups in total. The number of hydrogen-bond acceptors (Lipinski definition) is 4. The van der Waals surface area contributed by atoms with Crippen molar-refractivity contribution < 1.29 is 19.4 Å². The summed E-state index contributed by atoms with van der Waals surface area (Å²) in [5.41, 5.74) is 0.614. The van der Waals surface area contributed by atoms with Crippen LogP contribution in [-0.4, -0.2) is 24.8 Å². The molecule has 0 aromatic heterocycles. The second kappa shape index (κ2) is 6.42. The van der Waals surface area contributed by atoms with Crippen molar-refractivity contribution >= 4 is 5.97 Å². The van der Waals surface area contributed by atoms with Crippen LogP contribution < -0.4 is 4.74 Å². The first kappa shape index (κ1) is 15.6. The van der Waals surface area contributed by atoms with Crippen molar-refractivity contribution in [1.82, 2.24) is 0 Å². The highest BCUT2D eigenvalue weighted by Crippen LogP contribution is 2.48. The molecule has 0 atom stereocenters. The second-order valence-corrected chi connectivity index (χ2v) is 6.01. The van der Waals surface area contributed by atoms with Gasteiger partial charge in [-0.3, -0.25) is 4.79 Å². The minimum atomic E-state index is -0.380. The summed E-state index contributed by atoms with van der Waals surface area (Å²) >= 11 is 0. The Balaban J connectivity index is 1.78. The predicted octanol–water partition coefficient (Wildman–Crippen LogP) is 3.29. The van der Waals surface area contributed by atoms with E-state index < -0.39 is 0 Å². The van der Waals surface area contributed by atoms with Crippen molar-refractivity contribution in [2.75, 3.05) is 13.7 Å². The molecule has 23 heavy (non-hydrogen) atoms. The number of ether oxygens (including phenoxy) is 2. The Bertz CT molecular complexity index is 675. The fourth-order valence-corrected chi connectivity index (χ4v) is 3.19. The lowest BCUT2D eigenvalue weighted by Crippen LogP contribution is -2.47. The molecule has 2 aromatic carbocycles. The number of carbonyl (C=O) groups excluding carboxylic acids is 1. The smallest absolute Gasteiger partial charge is 0.308 e. The predicted molar refractivity (Wildman–Crippen MR) is 86.5 cm³/mol. The van der Waals surface area contributed by atoms with Crippen LogP contribution in [0.1, 0.15) is 18.4 Å². The molecule has 0 bridgehead atoms. The fourth-order valence-electron chi connectivity index (χ4n) is 3.19. The normalized spacial score (nSPS) is 23.0. The van der Waals surface area contributed by atoms with E-state index in [-0.39, 0.29) is 23.9 Å². The number of para-hydroxylation sites is 1. The van der Waals surface area contributed by atoms with Gasteiger partial charge in [-0.15, -0.1) is 0 Å². The lowest BCUT2D eigenvalue weighted by molar-refractivity contribution is -0.152. The molecule has 0 heterocycles. The van der Waals surface area contributed by atoms with Crippen molar-refractivity contribution in [2.45, 2.75) is 18.3 Å². The summed E-state index contributed by atoms with van der Waals surface area (Å²) in [6.07, 6.45) is 1.20. The van der Waals surface area contributed by atoms with Gasteiger partial charge in [0.2, 0.25) is 0 Å². The number of carbonyl (C=O) groups is 1. The summed E-state index contributed by atoms with van der Waals surface area (Å²) in [7, 11) is 1.40. The zero-order valence-electron chi connectivity index (χ0n) is 13.1. The fraction of sp³-hybridized carbons (Fsp3) is 0.316. The third-order valence-corrected chi connectivity index (χ3v) is 4.54. The highest BCUT2D eigenvalue weighted by molar-refractivity contribution is 5.74. The molecule has 1 aliphatic rings. The maximum Gasteiger partial charge on any atom is 0.308 e. The number of hydrogen-bond donors (Lipinski definition) is 1. The molecule has 1 aliphatic carbocycles. The molecule has 2 aromatic rings. The Morgan fingerprint density at radius 3 is 2.48 bits per heavy atom. The van der Waals surface area contributed by atoms with Crippen LogP contribution in [0.2, 0.25) is 0 Å². The Hall–Kier alpha value is -2.33. The van der Waals surface area contributed by atoms with Gasteiger partial charge in [0.25, 0.3) is 0 Å². The summed E-state index contributed by atoms with van der Waals surface area (Å²) < 4.78 is 10.6. The van der Waals surface area contributed by atoms with Crippen molar-refractivity contribution in [1.29, 1.82) is 0 Å². The van der Waals surface area contributed by atoms with E-state index in [0.717, 1.165) is 17.1 Å². The molecular formula is C19H20O4. The third kappa shape index (κ3) is 3.08. The van der Waals surface area contributed by atoms with E-state index in [0.29, 0.717) is 12.8 Å². The number of aliphatic hydroxyl groups is 1. The third-order valence-electron chi connectivity index (χ3n) is 4.54. The summed E-state index contributed by atoms with van der Waals surface area (Å²) in [6.45, 7) is 0.00921. The van der Waals surface area contributed by atoms with Gasteiger partial charge in [-0.25, -0.2) is 0 Å². The molecule has 0 spiro atoms. The molecule has 120 valence electrons. The van der Waals surface area contributed by atoms with E-state index in [1.807, 2.05) is 54.6 Å². The Morgan fingerprint density at radius 2 is 1.83 bits per heavy atom. The molecular weight excluding hydrogens is 292 g/mol. The van der Waals surface area contributed by atoms with Gasteiger partial charge in [0.1, 0.15) is 11.5 Å². The van der Waals surface area contributed by atoms with Crippen LogP contribution >= 0.6 is 0 Å². The minimum Gasteiger partial charge on any atom is -0.469 e. The van der Waals surface area contributed by atoms with E-state index in [1.165, 1.54) is 7.11 Å². The van der Waals surface area contributed by atoms with Gasteiger partial charge in [0.05, 0.1) is 19.6 Å². The molecule has 1 fully saturated rings. The van der Waals surface area contributed by atoms with Crippen LogP contribution in [0, 0.1) is 5.92 Å². The van der Waals surface area contributed by atoms with Crippen LogP contribution in [0.25, 0.3) is 0 Å². The summed E-state index contributed by atoms with van der Waals surface area (Å²) in [5.74, 6) is 1.16. The van der Waals surface area contributed by atoms with Gasteiger partial charge < -0.3 is 14.6 Å². The highest BCUT2D eigenvalue weighted by atomic mass is 16.5. The van der Waals surface area contributed by atoms with Gasteiger partial charge in [-0.05, 0) is 42.7 Å². The van der Waals surface area contributed by atoms with Gasteiger partial charge in [-0.2, -0.15) is 0 Å². The average molecular weight is 312 g/mol. The highest BCUT2D eigenvalue weighted by Gasteiger charge is 2.48. The first-order chi connectivity index (χ1) is 11.2. The first-order valence-corrected chi connectivity index (χ1v) is 7.69. The van der Waals surface area contributed by atoms with Crippen LogP contribution in [0.3, 0.4) is 0 Å². The number of methoxy groups -OCH3 is 1. The molecule has 0 saturated heterocycles. The maximum absolute atomic E-state index is 11.6. The van der Waals surface area contributed by atoms with Gasteiger partial charge in [0.15, 0.2) is 0 Å². The van der Waals surface area contributed by atoms with Crippen molar-refractivity contribution in [2.24, 2.45) is 5.92 Å². The number of rotatable bonds is 5. The molecule has 0 aliphatic heterocycles.